The van der Waals surface area contributed by atoms with Gasteiger partial charge in [-0.2, -0.15) is 0 Å². The van der Waals surface area contributed by atoms with E-state index in [1.165, 1.54) is 12.1 Å². The van der Waals surface area contributed by atoms with Crippen molar-refractivity contribution < 1.29 is 17.6 Å². The highest BCUT2D eigenvalue weighted by atomic mass is 32.2. The van der Waals surface area contributed by atoms with E-state index in [1.807, 2.05) is 12.1 Å². The van der Waals surface area contributed by atoms with Crippen molar-refractivity contribution in [3.05, 3.63) is 66.0 Å². The molecule has 2 heterocycles. The Morgan fingerprint density at radius 3 is 2.56 bits per heavy atom. The van der Waals surface area contributed by atoms with E-state index in [4.69, 9.17) is 0 Å². The fraction of sp³-hybridized carbons (Fsp3) is 0.200. The molecule has 27 heavy (non-hydrogen) atoms. The monoisotopic (exact) mass is 384 g/mol. The zero-order valence-electron chi connectivity index (χ0n) is 14.4. The summed E-state index contributed by atoms with van der Waals surface area (Å²) in [6.45, 7) is 0. The van der Waals surface area contributed by atoms with Crippen LogP contribution in [0, 0.1) is 5.82 Å². The van der Waals surface area contributed by atoms with Gasteiger partial charge < -0.3 is 5.32 Å². The SMILES string of the molecule is O=C(N[C@@H]1CCS(=O)(=O)C1)c1cc(-c2ccc(F)cc2)nc2ccccc12. The van der Waals surface area contributed by atoms with Crippen LogP contribution in [0.1, 0.15) is 16.8 Å². The predicted octanol–water partition coefficient (Wildman–Crippen LogP) is 2.96. The minimum Gasteiger partial charge on any atom is -0.348 e. The second-order valence-electron chi connectivity index (χ2n) is 6.65. The minimum atomic E-state index is -3.08. The molecule has 1 aliphatic rings. The highest BCUT2D eigenvalue weighted by molar-refractivity contribution is 7.91. The second kappa shape index (κ2) is 6.74. The third-order valence-corrected chi connectivity index (χ3v) is 6.44. The Bertz CT molecular complexity index is 1130. The first-order chi connectivity index (χ1) is 12.9. The first kappa shape index (κ1) is 17.6. The van der Waals surface area contributed by atoms with Crippen LogP contribution in [0.25, 0.3) is 22.2 Å². The van der Waals surface area contributed by atoms with E-state index in [9.17, 15) is 17.6 Å². The van der Waals surface area contributed by atoms with E-state index in [1.54, 1.807) is 30.3 Å². The minimum absolute atomic E-state index is 0.0351. The van der Waals surface area contributed by atoms with Gasteiger partial charge in [0.2, 0.25) is 0 Å². The Morgan fingerprint density at radius 2 is 1.85 bits per heavy atom. The molecule has 0 spiro atoms. The van der Waals surface area contributed by atoms with Gasteiger partial charge in [-0.25, -0.2) is 17.8 Å². The lowest BCUT2D eigenvalue weighted by molar-refractivity contribution is 0.0943. The normalized spacial score (nSPS) is 18.5. The van der Waals surface area contributed by atoms with E-state index < -0.39 is 9.84 Å². The number of carbonyl (C=O) groups excluding carboxylic acids is 1. The molecule has 7 heteroatoms. The summed E-state index contributed by atoms with van der Waals surface area (Å²) >= 11 is 0. The lowest BCUT2D eigenvalue weighted by Gasteiger charge is -2.14. The summed E-state index contributed by atoms with van der Waals surface area (Å²) in [6.07, 6.45) is 0.419. The topological polar surface area (TPSA) is 76.1 Å². The van der Waals surface area contributed by atoms with Crippen molar-refractivity contribution >= 4 is 26.6 Å². The molecular weight excluding hydrogens is 367 g/mol. The van der Waals surface area contributed by atoms with E-state index in [-0.39, 0.29) is 29.3 Å². The van der Waals surface area contributed by atoms with Gasteiger partial charge in [-0.15, -0.1) is 0 Å². The van der Waals surface area contributed by atoms with Gasteiger partial charge >= 0.3 is 0 Å². The predicted molar refractivity (Wildman–Crippen MR) is 102 cm³/mol. The van der Waals surface area contributed by atoms with Gasteiger partial charge in [0.05, 0.1) is 28.3 Å². The molecule has 0 unspecified atom stereocenters. The van der Waals surface area contributed by atoms with E-state index in [0.29, 0.717) is 34.1 Å². The number of sulfone groups is 1. The van der Waals surface area contributed by atoms with Crippen LogP contribution in [0.3, 0.4) is 0 Å². The number of rotatable bonds is 3. The van der Waals surface area contributed by atoms with Crippen molar-refractivity contribution in [2.24, 2.45) is 0 Å². The largest absolute Gasteiger partial charge is 0.348 e. The number of fused-ring (bicyclic) bond motifs is 1. The fourth-order valence-corrected chi connectivity index (χ4v) is 4.98. The molecule has 3 aromatic rings. The van der Waals surface area contributed by atoms with Crippen LogP contribution in [0.4, 0.5) is 4.39 Å². The number of halogens is 1. The molecule has 1 amide bonds. The van der Waals surface area contributed by atoms with Crippen LogP contribution in [-0.2, 0) is 9.84 Å². The zero-order chi connectivity index (χ0) is 19.0. The second-order valence-corrected chi connectivity index (χ2v) is 8.88. The van der Waals surface area contributed by atoms with Gasteiger partial charge in [0.1, 0.15) is 5.82 Å². The third kappa shape index (κ3) is 3.68. The van der Waals surface area contributed by atoms with E-state index in [2.05, 4.69) is 10.3 Å². The number of hydrogen-bond donors (Lipinski definition) is 1. The zero-order valence-corrected chi connectivity index (χ0v) is 15.2. The summed E-state index contributed by atoms with van der Waals surface area (Å²) in [4.78, 5) is 17.4. The first-order valence-corrected chi connectivity index (χ1v) is 10.4. The number of nitrogens with zero attached hydrogens (tertiary/aromatic N) is 1. The van der Waals surface area contributed by atoms with Crippen molar-refractivity contribution in [3.8, 4) is 11.3 Å². The van der Waals surface area contributed by atoms with Crippen molar-refractivity contribution in [2.75, 3.05) is 11.5 Å². The highest BCUT2D eigenvalue weighted by Crippen LogP contribution is 2.25. The molecule has 1 atom stereocenters. The van der Waals surface area contributed by atoms with Crippen LogP contribution in [0.15, 0.2) is 54.6 Å². The summed E-state index contributed by atoms with van der Waals surface area (Å²) in [5.74, 6) is -0.623. The average molecular weight is 384 g/mol. The molecule has 5 nitrogen and oxygen atoms in total. The summed E-state index contributed by atoms with van der Waals surface area (Å²) in [5.41, 5.74) is 2.31. The van der Waals surface area contributed by atoms with Crippen molar-refractivity contribution in [1.82, 2.24) is 10.3 Å². The molecule has 1 N–H and O–H groups in total. The number of pyridine rings is 1. The molecule has 1 fully saturated rings. The summed E-state index contributed by atoms with van der Waals surface area (Å²) < 4.78 is 36.5. The Kier molecular flexibility index (Phi) is 4.39. The first-order valence-electron chi connectivity index (χ1n) is 8.58. The summed E-state index contributed by atoms with van der Waals surface area (Å²) in [6, 6.07) is 14.4. The molecule has 1 aromatic heterocycles. The lowest BCUT2D eigenvalue weighted by Crippen LogP contribution is -2.35. The molecule has 1 saturated heterocycles. The number of aromatic nitrogens is 1. The number of benzene rings is 2. The maximum atomic E-state index is 13.2. The lowest BCUT2D eigenvalue weighted by atomic mass is 10.0. The number of hydrogen-bond acceptors (Lipinski definition) is 4. The molecule has 138 valence electrons. The molecule has 2 aromatic carbocycles. The van der Waals surface area contributed by atoms with Crippen LogP contribution in [0.5, 0.6) is 0 Å². The molecular formula is C20H17FN2O3S. The molecule has 4 rings (SSSR count). The number of nitrogens with one attached hydrogen (secondary N) is 1. The van der Waals surface area contributed by atoms with Gasteiger partial charge in [-0.3, -0.25) is 4.79 Å². The Hall–Kier alpha value is -2.80. The van der Waals surface area contributed by atoms with Crippen molar-refractivity contribution in [3.63, 3.8) is 0 Å². The summed E-state index contributed by atoms with van der Waals surface area (Å²) in [5, 5.41) is 3.51. The maximum Gasteiger partial charge on any atom is 0.252 e. The van der Waals surface area contributed by atoms with Gasteiger partial charge in [-0.05, 0) is 42.8 Å². The Labute approximate surface area is 156 Å². The standard InChI is InChI=1S/C20H17FN2O3S/c21-14-7-5-13(6-8-14)19-11-17(16-3-1-2-4-18(16)23-19)20(24)22-15-9-10-27(25,26)12-15/h1-8,11,15H,9-10,12H2,(H,22,24)/t15-/m1/s1. The smallest absolute Gasteiger partial charge is 0.252 e. The highest BCUT2D eigenvalue weighted by Gasteiger charge is 2.29. The van der Waals surface area contributed by atoms with Crippen LogP contribution in [0.2, 0.25) is 0 Å². The van der Waals surface area contributed by atoms with Gasteiger partial charge in [0.25, 0.3) is 5.91 Å². The molecule has 1 aliphatic heterocycles. The number of amides is 1. The van der Waals surface area contributed by atoms with Crippen LogP contribution < -0.4 is 5.32 Å². The molecule has 0 radical (unpaired) electrons. The number of para-hydroxylation sites is 1. The third-order valence-electron chi connectivity index (χ3n) is 4.67. The summed E-state index contributed by atoms with van der Waals surface area (Å²) in [7, 11) is -3.08. The van der Waals surface area contributed by atoms with Gasteiger partial charge in [0, 0.05) is 17.0 Å². The molecule has 0 saturated carbocycles. The number of carbonyl (C=O) groups is 1. The fourth-order valence-electron chi connectivity index (χ4n) is 3.30. The van der Waals surface area contributed by atoms with Crippen LogP contribution >= 0.6 is 0 Å². The quantitative estimate of drug-likeness (QED) is 0.753. The average Bonchev–Trinajstić information content (AvgIpc) is 2.99. The van der Waals surface area contributed by atoms with Gasteiger partial charge in [0.15, 0.2) is 9.84 Å². The molecule has 0 bridgehead atoms. The van der Waals surface area contributed by atoms with Crippen molar-refractivity contribution in [2.45, 2.75) is 12.5 Å². The molecule has 0 aliphatic carbocycles. The Morgan fingerprint density at radius 1 is 1.11 bits per heavy atom. The van der Waals surface area contributed by atoms with Gasteiger partial charge in [-0.1, -0.05) is 18.2 Å². The maximum absolute atomic E-state index is 13.2. The van der Waals surface area contributed by atoms with Crippen LogP contribution in [-0.4, -0.2) is 36.9 Å². The van der Waals surface area contributed by atoms with E-state index >= 15 is 0 Å². The van der Waals surface area contributed by atoms with Crippen molar-refractivity contribution in [1.29, 1.82) is 0 Å². The Balaban J connectivity index is 1.74. The van der Waals surface area contributed by atoms with E-state index in [0.717, 1.165) is 0 Å².